The highest BCUT2D eigenvalue weighted by molar-refractivity contribution is 5.25. The van der Waals surface area contributed by atoms with Gasteiger partial charge in [0.25, 0.3) is 0 Å². The summed E-state index contributed by atoms with van der Waals surface area (Å²) in [5.74, 6) is 0.975. The summed E-state index contributed by atoms with van der Waals surface area (Å²) in [7, 11) is 1.89. The molecule has 2 aromatic heterocycles. The molecule has 2 heterocycles. The van der Waals surface area contributed by atoms with Gasteiger partial charge in [0, 0.05) is 25.1 Å². The third-order valence-corrected chi connectivity index (χ3v) is 2.43. The third-order valence-electron chi connectivity index (χ3n) is 2.43. The molecule has 5 heteroatoms. The number of pyridine rings is 1. The van der Waals surface area contributed by atoms with Crippen LogP contribution in [-0.4, -0.2) is 21.6 Å². The largest absolute Gasteiger partial charge is 0.329 e. The smallest absolute Gasteiger partial charge is 0.140 e. The summed E-state index contributed by atoms with van der Waals surface area (Å²) in [5, 5.41) is 11.9. The number of nitrogens with one attached hydrogen (secondary N) is 1. The quantitative estimate of drug-likeness (QED) is 0.843. The van der Waals surface area contributed by atoms with Crippen molar-refractivity contribution in [2.24, 2.45) is 0 Å². The second kappa shape index (κ2) is 5.23. The Morgan fingerprint density at radius 2 is 2.29 bits per heavy atom. The standard InChI is InChI=1S/C12H13N5/c1-14-8-12-16-4-5-17(12)9-10-2-3-15-11(6-10)7-13/h2-6,14H,8-9H2,1H3. The highest BCUT2D eigenvalue weighted by Gasteiger charge is 2.03. The summed E-state index contributed by atoms with van der Waals surface area (Å²) in [5.41, 5.74) is 1.49. The predicted octanol–water partition coefficient (Wildman–Crippen LogP) is 0.917. The normalized spacial score (nSPS) is 10.1. The van der Waals surface area contributed by atoms with E-state index in [0.29, 0.717) is 12.2 Å². The first-order valence-corrected chi connectivity index (χ1v) is 5.33. The van der Waals surface area contributed by atoms with Gasteiger partial charge in [0.15, 0.2) is 0 Å². The number of hydrogen-bond acceptors (Lipinski definition) is 4. The van der Waals surface area contributed by atoms with Crippen LogP contribution in [0.3, 0.4) is 0 Å². The third kappa shape index (κ3) is 2.68. The van der Waals surface area contributed by atoms with Gasteiger partial charge in [-0.05, 0) is 24.7 Å². The van der Waals surface area contributed by atoms with Crippen molar-refractivity contribution >= 4 is 0 Å². The van der Waals surface area contributed by atoms with Crippen LogP contribution in [0.15, 0.2) is 30.7 Å². The number of hydrogen-bond donors (Lipinski definition) is 1. The Kier molecular flexibility index (Phi) is 3.48. The fourth-order valence-corrected chi connectivity index (χ4v) is 1.64. The number of imidazole rings is 1. The van der Waals surface area contributed by atoms with E-state index >= 15 is 0 Å². The SMILES string of the molecule is CNCc1nccn1Cc1ccnc(C#N)c1. The summed E-state index contributed by atoms with van der Waals surface area (Å²) in [6, 6.07) is 5.74. The maximum atomic E-state index is 8.79. The summed E-state index contributed by atoms with van der Waals surface area (Å²) >= 11 is 0. The first-order valence-electron chi connectivity index (χ1n) is 5.33. The minimum absolute atomic E-state index is 0.442. The van der Waals surface area contributed by atoms with Gasteiger partial charge in [0.1, 0.15) is 17.6 Å². The lowest BCUT2D eigenvalue weighted by molar-refractivity contribution is 0.673. The van der Waals surface area contributed by atoms with Crippen LogP contribution in [0.5, 0.6) is 0 Å². The molecule has 86 valence electrons. The van der Waals surface area contributed by atoms with E-state index in [2.05, 4.69) is 15.3 Å². The Morgan fingerprint density at radius 3 is 3.06 bits per heavy atom. The molecule has 0 saturated carbocycles. The molecule has 0 aliphatic heterocycles. The lowest BCUT2D eigenvalue weighted by Crippen LogP contribution is -2.12. The molecule has 0 saturated heterocycles. The molecule has 0 spiro atoms. The molecular weight excluding hydrogens is 214 g/mol. The van der Waals surface area contributed by atoms with E-state index in [9.17, 15) is 0 Å². The Balaban J connectivity index is 2.19. The molecule has 0 unspecified atom stereocenters. The fraction of sp³-hybridized carbons (Fsp3) is 0.250. The van der Waals surface area contributed by atoms with Gasteiger partial charge in [-0.2, -0.15) is 5.26 Å². The second-order valence-electron chi connectivity index (χ2n) is 3.66. The Hall–Kier alpha value is -2.19. The molecule has 17 heavy (non-hydrogen) atoms. The Morgan fingerprint density at radius 1 is 1.41 bits per heavy atom. The van der Waals surface area contributed by atoms with Gasteiger partial charge in [0.2, 0.25) is 0 Å². The zero-order chi connectivity index (χ0) is 12.1. The van der Waals surface area contributed by atoms with E-state index < -0.39 is 0 Å². The first kappa shape index (κ1) is 11.3. The maximum Gasteiger partial charge on any atom is 0.140 e. The summed E-state index contributed by atoms with van der Waals surface area (Å²) in [4.78, 5) is 8.21. The zero-order valence-corrected chi connectivity index (χ0v) is 9.59. The molecule has 0 aliphatic rings. The molecule has 0 aromatic carbocycles. The van der Waals surface area contributed by atoms with Crippen molar-refractivity contribution in [3.05, 3.63) is 47.8 Å². The van der Waals surface area contributed by atoms with E-state index in [-0.39, 0.29) is 0 Å². The van der Waals surface area contributed by atoms with Crippen molar-refractivity contribution in [3.63, 3.8) is 0 Å². The van der Waals surface area contributed by atoms with E-state index in [0.717, 1.165) is 17.9 Å². The van der Waals surface area contributed by atoms with Crippen LogP contribution in [0.2, 0.25) is 0 Å². The predicted molar refractivity (Wildman–Crippen MR) is 63.0 cm³/mol. The van der Waals surface area contributed by atoms with Gasteiger partial charge in [-0.15, -0.1) is 0 Å². The molecule has 0 amide bonds. The molecule has 0 fully saturated rings. The van der Waals surface area contributed by atoms with Crippen LogP contribution in [-0.2, 0) is 13.1 Å². The van der Waals surface area contributed by atoms with Gasteiger partial charge in [-0.1, -0.05) is 0 Å². The van der Waals surface area contributed by atoms with Gasteiger partial charge < -0.3 is 9.88 Å². The van der Waals surface area contributed by atoms with Crippen LogP contribution >= 0.6 is 0 Å². The summed E-state index contributed by atoms with van der Waals surface area (Å²) in [6.07, 6.45) is 5.36. The van der Waals surface area contributed by atoms with Crippen LogP contribution in [0.4, 0.5) is 0 Å². The summed E-state index contributed by atoms with van der Waals surface area (Å²) in [6.45, 7) is 1.43. The molecule has 0 radical (unpaired) electrons. The molecule has 0 aliphatic carbocycles. The fourth-order valence-electron chi connectivity index (χ4n) is 1.64. The molecule has 0 atom stereocenters. The van der Waals surface area contributed by atoms with E-state index in [4.69, 9.17) is 5.26 Å². The lowest BCUT2D eigenvalue weighted by atomic mass is 10.2. The minimum atomic E-state index is 0.442. The number of aromatic nitrogens is 3. The van der Waals surface area contributed by atoms with Gasteiger partial charge in [-0.25, -0.2) is 9.97 Å². The van der Waals surface area contributed by atoms with Crippen LogP contribution in [0.25, 0.3) is 0 Å². The van der Waals surface area contributed by atoms with Crippen LogP contribution < -0.4 is 5.32 Å². The molecule has 0 bridgehead atoms. The Bertz CT molecular complexity index is 538. The Labute approximate surface area is 99.7 Å². The van der Waals surface area contributed by atoms with Gasteiger partial charge in [0.05, 0.1) is 6.54 Å². The first-order chi connectivity index (χ1) is 8.33. The topological polar surface area (TPSA) is 66.5 Å². The van der Waals surface area contributed by atoms with Crippen molar-refractivity contribution in [1.29, 1.82) is 5.26 Å². The van der Waals surface area contributed by atoms with E-state index in [1.807, 2.05) is 29.9 Å². The molecule has 2 rings (SSSR count). The molecule has 5 nitrogen and oxygen atoms in total. The highest BCUT2D eigenvalue weighted by Crippen LogP contribution is 2.06. The second-order valence-corrected chi connectivity index (χ2v) is 3.66. The van der Waals surface area contributed by atoms with Gasteiger partial charge in [-0.3, -0.25) is 0 Å². The lowest BCUT2D eigenvalue weighted by Gasteiger charge is -2.07. The number of nitriles is 1. The van der Waals surface area contributed by atoms with Crippen molar-refractivity contribution in [2.75, 3.05) is 7.05 Å². The van der Waals surface area contributed by atoms with E-state index in [1.54, 1.807) is 18.5 Å². The van der Waals surface area contributed by atoms with Crippen molar-refractivity contribution in [2.45, 2.75) is 13.1 Å². The number of nitrogens with zero attached hydrogens (tertiary/aromatic N) is 4. The molecule has 1 N–H and O–H groups in total. The van der Waals surface area contributed by atoms with Crippen molar-refractivity contribution < 1.29 is 0 Å². The molecular formula is C12H13N5. The molecule has 2 aromatic rings. The average molecular weight is 227 g/mol. The minimum Gasteiger partial charge on any atom is -0.329 e. The summed E-state index contributed by atoms with van der Waals surface area (Å²) < 4.78 is 2.05. The van der Waals surface area contributed by atoms with Crippen LogP contribution in [0.1, 0.15) is 17.1 Å². The number of rotatable bonds is 4. The van der Waals surface area contributed by atoms with Gasteiger partial charge >= 0.3 is 0 Å². The van der Waals surface area contributed by atoms with Crippen molar-refractivity contribution in [3.8, 4) is 6.07 Å². The van der Waals surface area contributed by atoms with Crippen LogP contribution in [0, 0.1) is 11.3 Å². The zero-order valence-electron chi connectivity index (χ0n) is 9.59. The van der Waals surface area contributed by atoms with E-state index in [1.165, 1.54) is 0 Å². The monoisotopic (exact) mass is 227 g/mol. The maximum absolute atomic E-state index is 8.79. The van der Waals surface area contributed by atoms with Crippen molar-refractivity contribution in [1.82, 2.24) is 19.9 Å². The average Bonchev–Trinajstić information content (AvgIpc) is 2.78. The highest BCUT2D eigenvalue weighted by atomic mass is 15.1.